The summed E-state index contributed by atoms with van der Waals surface area (Å²) < 4.78 is 0. The molecule has 2 rings (SSSR count). The maximum atomic E-state index is 12.6. The monoisotopic (exact) mass is 373 g/mol. The van der Waals surface area contributed by atoms with Crippen LogP contribution in [-0.4, -0.2) is 41.5 Å². The molecule has 0 aromatic heterocycles. The first-order valence-electron chi connectivity index (χ1n) is 7.76. The van der Waals surface area contributed by atoms with Crippen LogP contribution in [-0.2, 0) is 4.79 Å². The van der Waals surface area contributed by atoms with Crippen LogP contribution in [0.1, 0.15) is 15.9 Å². The molecule has 136 valence electrons. The molecule has 0 fully saturated rings. The summed E-state index contributed by atoms with van der Waals surface area (Å²) in [6.45, 7) is 1.72. The van der Waals surface area contributed by atoms with Crippen LogP contribution >= 0.6 is 11.8 Å². The van der Waals surface area contributed by atoms with Crippen molar-refractivity contribution in [3.8, 4) is 0 Å². The third-order valence-corrected chi connectivity index (χ3v) is 4.42. The van der Waals surface area contributed by atoms with Crippen molar-refractivity contribution < 1.29 is 14.5 Å². The molecule has 0 atom stereocenters. The van der Waals surface area contributed by atoms with Crippen LogP contribution in [0, 0.1) is 17.0 Å². The predicted molar refractivity (Wildman–Crippen MR) is 102 cm³/mol. The van der Waals surface area contributed by atoms with Crippen LogP contribution in [0.5, 0.6) is 0 Å². The lowest BCUT2D eigenvalue weighted by Gasteiger charge is -2.17. The minimum atomic E-state index is -0.600. The Bertz CT molecular complexity index is 837. The van der Waals surface area contributed by atoms with Crippen molar-refractivity contribution in [2.45, 2.75) is 11.8 Å². The van der Waals surface area contributed by atoms with E-state index in [9.17, 15) is 19.7 Å². The number of nitrogens with zero attached hydrogens (tertiary/aromatic N) is 2. The molecular weight excluding hydrogens is 354 g/mol. The predicted octanol–water partition coefficient (Wildman–Crippen LogP) is 3.34. The zero-order valence-electron chi connectivity index (χ0n) is 14.7. The van der Waals surface area contributed by atoms with Crippen LogP contribution in [0.25, 0.3) is 0 Å². The van der Waals surface area contributed by atoms with Gasteiger partial charge in [0.05, 0.1) is 11.5 Å². The summed E-state index contributed by atoms with van der Waals surface area (Å²) in [7, 11) is 1.44. The molecule has 2 amide bonds. The smallest absolute Gasteiger partial charge is 0.282 e. The van der Waals surface area contributed by atoms with Gasteiger partial charge in [0, 0.05) is 23.7 Å². The summed E-state index contributed by atoms with van der Waals surface area (Å²) in [5.74, 6) is -0.958. The fraction of sp³-hybridized carbons (Fsp3) is 0.222. The molecule has 26 heavy (non-hydrogen) atoms. The summed E-state index contributed by atoms with van der Waals surface area (Å²) in [5.41, 5.74) is 1.37. The van der Waals surface area contributed by atoms with Gasteiger partial charge in [0.1, 0.15) is 5.56 Å². The van der Waals surface area contributed by atoms with E-state index in [1.54, 1.807) is 18.2 Å². The standard InChI is InChI=1S/C18H19N3O4S/c1-12-4-6-13(7-5-12)19-17(22)11-20(2)18(23)15-10-14(26-3)8-9-16(15)21(24)25/h4-10H,11H2,1-3H3,(H,19,22). The van der Waals surface area contributed by atoms with E-state index in [1.165, 1.54) is 30.9 Å². The summed E-state index contributed by atoms with van der Waals surface area (Å²) in [5, 5.41) is 13.9. The molecule has 0 heterocycles. The highest BCUT2D eigenvalue weighted by atomic mass is 32.2. The van der Waals surface area contributed by atoms with Gasteiger partial charge in [-0.2, -0.15) is 0 Å². The average Bonchev–Trinajstić information content (AvgIpc) is 2.62. The van der Waals surface area contributed by atoms with Gasteiger partial charge in [-0.15, -0.1) is 11.8 Å². The average molecular weight is 373 g/mol. The van der Waals surface area contributed by atoms with E-state index in [2.05, 4.69) is 5.32 Å². The van der Waals surface area contributed by atoms with E-state index in [0.29, 0.717) is 5.69 Å². The molecule has 0 aliphatic rings. The molecule has 0 unspecified atom stereocenters. The Morgan fingerprint density at radius 2 is 1.85 bits per heavy atom. The van der Waals surface area contributed by atoms with Gasteiger partial charge in [0.15, 0.2) is 0 Å². The number of likely N-dealkylation sites (N-methyl/N-ethyl adjacent to an activating group) is 1. The number of amides is 2. The Balaban J connectivity index is 2.12. The van der Waals surface area contributed by atoms with Crippen LogP contribution in [0.4, 0.5) is 11.4 Å². The third-order valence-electron chi connectivity index (χ3n) is 3.69. The number of nitro groups is 1. The molecule has 0 aliphatic carbocycles. The van der Waals surface area contributed by atoms with Gasteiger partial charge in [0.25, 0.3) is 11.6 Å². The Morgan fingerprint density at radius 3 is 2.42 bits per heavy atom. The van der Waals surface area contributed by atoms with Gasteiger partial charge < -0.3 is 10.2 Å². The number of hydrogen-bond acceptors (Lipinski definition) is 5. The maximum absolute atomic E-state index is 12.6. The normalized spacial score (nSPS) is 10.3. The SMILES string of the molecule is CSc1ccc([N+](=O)[O-])c(C(=O)N(C)CC(=O)Nc2ccc(C)cc2)c1. The molecule has 0 bridgehead atoms. The number of hydrogen-bond donors (Lipinski definition) is 1. The van der Waals surface area contributed by atoms with Gasteiger partial charge >= 0.3 is 0 Å². The third kappa shape index (κ3) is 4.82. The minimum Gasteiger partial charge on any atom is -0.332 e. The first kappa shape index (κ1) is 19.5. The number of nitrogens with one attached hydrogen (secondary N) is 1. The van der Waals surface area contributed by atoms with Crippen molar-refractivity contribution in [3.63, 3.8) is 0 Å². The molecule has 8 heteroatoms. The first-order valence-corrected chi connectivity index (χ1v) is 8.98. The van der Waals surface area contributed by atoms with Gasteiger partial charge in [-0.25, -0.2) is 0 Å². The largest absolute Gasteiger partial charge is 0.332 e. The number of carbonyl (C=O) groups is 2. The van der Waals surface area contributed by atoms with Crippen molar-refractivity contribution >= 4 is 35.0 Å². The zero-order valence-corrected chi connectivity index (χ0v) is 15.5. The first-order chi connectivity index (χ1) is 12.3. The number of carbonyl (C=O) groups excluding carboxylic acids is 2. The second-order valence-corrected chi connectivity index (χ2v) is 6.60. The summed E-state index contributed by atoms with van der Waals surface area (Å²) >= 11 is 1.38. The van der Waals surface area contributed by atoms with Crippen LogP contribution in [0.3, 0.4) is 0 Å². The lowest BCUT2D eigenvalue weighted by atomic mass is 10.1. The Hall–Kier alpha value is -2.87. The lowest BCUT2D eigenvalue weighted by molar-refractivity contribution is -0.385. The molecule has 2 aromatic carbocycles. The van der Waals surface area contributed by atoms with Crippen molar-refractivity contribution in [2.75, 3.05) is 25.2 Å². The highest BCUT2D eigenvalue weighted by Gasteiger charge is 2.24. The quantitative estimate of drug-likeness (QED) is 0.476. The van der Waals surface area contributed by atoms with Gasteiger partial charge in [-0.05, 0) is 37.4 Å². The van der Waals surface area contributed by atoms with Crippen molar-refractivity contribution in [3.05, 3.63) is 63.7 Å². The number of thioether (sulfide) groups is 1. The Labute approximate surface area is 155 Å². The van der Waals surface area contributed by atoms with Gasteiger partial charge in [-0.1, -0.05) is 17.7 Å². The number of nitro benzene ring substituents is 1. The Kier molecular flexibility index (Phi) is 6.35. The van der Waals surface area contributed by atoms with Crippen molar-refractivity contribution in [1.82, 2.24) is 4.90 Å². The number of anilines is 1. The van der Waals surface area contributed by atoms with E-state index >= 15 is 0 Å². The highest BCUT2D eigenvalue weighted by molar-refractivity contribution is 7.98. The fourth-order valence-electron chi connectivity index (χ4n) is 2.30. The van der Waals surface area contributed by atoms with E-state index < -0.39 is 10.8 Å². The van der Waals surface area contributed by atoms with Crippen molar-refractivity contribution in [1.29, 1.82) is 0 Å². The molecule has 0 spiro atoms. The topological polar surface area (TPSA) is 92.6 Å². The molecule has 7 nitrogen and oxygen atoms in total. The molecule has 2 aromatic rings. The number of aryl methyl sites for hydroxylation is 1. The second kappa shape index (κ2) is 8.48. The van der Waals surface area contributed by atoms with E-state index in [4.69, 9.17) is 0 Å². The zero-order chi connectivity index (χ0) is 19.3. The number of benzene rings is 2. The van der Waals surface area contributed by atoms with E-state index in [-0.39, 0.29) is 23.7 Å². The molecule has 1 N–H and O–H groups in total. The molecule has 0 saturated carbocycles. The van der Waals surface area contributed by atoms with Gasteiger partial charge in [-0.3, -0.25) is 19.7 Å². The Morgan fingerprint density at radius 1 is 1.19 bits per heavy atom. The maximum Gasteiger partial charge on any atom is 0.282 e. The molecule has 0 aliphatic heterocycles. The second-order valence-electron chi connectivity index (χ2n) is 5.72. The lowest BCUT2D eigenvalue weighted by Crippen LogP contribution is -2.35. The number of rotatable bonds is 6. The summed E-state index contributed by atoms with van der Waals surface area (Å²) in [4.78, 5) is 37.2. The summed E-state index contributed by atoms with van der Waals surface area (Å²) in [6, 6.07) is 11.6. The highest BCUT2D eigenvalue weighted by Crippen LogP contribution is 2.25. The van der Waals surface area contributed by atoms with E-state index in [1.807, 2.05) is 25.3 Å². The molecular formula is C18H19N3O4S. The molecule has 0 radical (unpaired) electrons. The minimum absolute atomic E-state index is 0.0347. The van der Waals surface area contributed by atoms with Crippen molar-refractivity contribution in [2.24, 2.45) is 0 Å². The van der Waals surface area contributed by atoms with Gasteiger partial charge in [0.2, 0.25) is 5.91 Å². The van der Waals surface area contributed by atoms with Crippen LogP contribution < -0.4 is 5.32 Å². The van der Waals surface area contributed by atoms with Crippen LogP contribution in [0.15, 0.2) is 47.4 Å². The fourth-order valence-corrected chi connectivity index (χ4v) is 2.74. The summed E-state index contributed by atoms with van der Waals surface area (Å²) in [6.07, 6.45) is 1.81. The van der Waals surface area contributed by atoms with E-state index in [0.717, 1.165) is 15.4 Å². The van der Waals surface area contributed by atoms with Crippen LogP contribution in [0.2, 0.25) is 0 Å². The molecule has 0 saturated heterocycles.